The zero-order chi connectivity index (χ0) is 17.6. The van der Waals surface area contributed by atoms with E-state index in [-0.39, 0.29) is 5.91 Å². The predicted molar refractivity (Wildman–Crippen MR) is 95.9 cm³/mol. The van der Waals surface area contributed by atoms with E-state index in [1.165, 1.54) is 12.4 Å². The van der Waals surface area contributed by atoms with E-state index < -0.39 is 0 Å². The minimum atomic E-state index is -0.339. The summed E-state index contributed by atoms with van der Waals surface area (Å²) in [6.07, 6.45) is 2.84. The topological polar surface area (TPSA) is 90.7 Å². The van der Waals surface area contributed by atoms with Gasteiger partial charge < -0.3 is 10.6 Å². The third-order valence-corrected chi connectivity index (χ3v) is 3.64. The van der Waals surface area contributed by atoms with Crippen LogP contribution in [0.4, 0.5) is 17.3 Å². The first-order valence-electron chi connectivity index (χ1n) is 7.31. The van der Waals surface area contributed by atoms with Crippen molar-refractivity contribution in [3.8, 4) is 6.07 Å². The number of benzene rings is 2. The second kappa shape index (κ2) is 7.43. The second-order valence-electron chi connectivity index (χ2n) is 5.04. The molecule has 0 unspecified atom stereocenters. The molecule has 0 radical (unpaired) electrons. The average Bonchev–Trinajstić information content (AvgIpc) is 2.65. The number of aromatic nitrogens is 2. The monoisotopic (exact) mass is 349 g/mol. The number of carbonyl (C=O) groups is 1. The Kier molecular flexibility index (Phi) is 4.88. The number of anilines is 3. The maximum atomic E-state index is 12.2. The van der Waals surface area contributed by atoms with E-state index in [0.29, 0.717) is 33.5 Å². The van der Waals surface area contributed by atoms with E-state index >= 15 is 0 Å². The molecule has 2 N–H and O–H groups in total. The molecule has 3 aromatic rings. The van der Waals surface area contributed by atoms with Gasteiger partial charge in [-0.25, -0.2) is 9.97 Å². The Morgan fingerprint density at radius 2 is 1.72 bits per heavy atom. The van der Waals surface area contributed by atoms with Gasteiger partial charge in [0.05, 0.1) is 27.9 Å². The third kappa shape index (κ3) is 4.10. The number of rotatable bonds is 4. The van der Waals surface area contributed by atoms with Crippen LogP contribution in [0, 0.1) is 11.3 Å². The van der Waals surface area contributed by atoms with Crippen LogP contribution in [0.15, 0.2) is 60.9 Å². The molecule has 0 aliphatic heterocycles. The Morgan fingerprint density at radius 3 is 2.36 bits per heavy atom. The molecule has 6 nitrogen and oxygen atoms in total. The summed E-state index contributed by atoms with van der Waals surface area (Å²) in [6.45, 7) is 0. The van der Waals surface area contributed by atoms with Gasteiger partial charge in [0.15, 0.2) is 0 Å². The summed E-state index contributed by atoms with van der Waals surface area (Å²) in [7, 11) is 0. The highest BCUT2D eigenvalue weighted by Gasteiger charge is 2.08. The molecule has 2 aromatic carbocycles. The molecule has 25 heavy (non-hydrogen) atoms. The molecule has 0 atom stereocenters. The van der Waals surface area contributed by atoms with Crippen LogP contribution in [0.25, 0.3) is 0 Å². The van der Waals surface area contributed by atoms with Crippen molar-refractivity contribution in [1.82, 2.24) is 9.97 Å². The highest BCUT2D eigenvalue weighted by molar-refractivity contribution is 6.33. The van der Waals surface area contributed by atoms with Gasteiger partial charge in [-0.2, -0.15) is 5.26 Å². The second-order valence-corrected chi connectivity index (χ2v) is 5.45. The Bertz CT molecular complexity index is 933. The van der Waals surface area contributed by atoms with E-state index in [9.17, 15) is 4.79 Å². The number of halogens is 1. The molecule has 0 bridgehead atoms. The largest absolute Gasteiger partial charge is 0.323 e. The predicted octanol–water partition coefficient (Wildman–Crippen LogP) is 4.00. The SMILES string of the molecule is N#Cc1ccc(NC(=O)c2cnc(Nc3ccccc3Cl)nc2)cc1. The average molecular weight is 350 g/mol. The fourth-order valence-corrected chi connectivity index (χ4v) is 2.21. The van der Waals surface area contributed by atoms with Gasteiger partial charge in [0, 0.05) is 18.1 Å². The molecule has 0 spiro atoms. The van der Waals surface area contributed by atoms with E-state index in [4.69, 9.17) is 16.9 Å². The zero-order valence-electron chi connectivity index (χ0n) is 12.9. The quantitative estimate of drug-likeness (QED) is 0.743. The molecule has 0 aliphatic carbocycles. The van der Waals surface area contributed by atoms with Gasteiger partial charge in [-0.05, 0) is 36.4 Å². The lowest BCUT2D eigenvalue weighted by Gasteiger charge is -2.08. The van der Waals surface area contributed by atoms with E-state index in [2.05, 4.69) is 20.6 Å². The molecule has 1 amide bonds. The number of para-hydroxylation sites is 1. The highest BCUT2D eigenvalue weighted by Crippen LogP contribution is 2.23. The van der Waals surface area contributed by atoms with Gasteiger partial charge in [-0.1, -0.05) is 23.7 Å². The van der Waals surface area contributed by atoms with Crippen molar-refractivity contribution in [2.75, 3.05) is 10.6 Å². The van der Waals surface area contributed by atoms with Crippen LogP contribution < -0.4 is 10.6 Å². The molecular formula is C18H12ClN5O. The normalized spacial score (nSPS) is 9.92. The zero-order valence-corrected chi connectivity index (χ0v) is 13.7. The Hall–Kier alpha value is -3.43. The fourth-order valence-electron chi connectivity index (χ4n) is 2.02. The highest BCUT2D eigenvalue weighted by atomic mass is 35.5. The fraction of sp³-hybridized carbons (Fsp3) is 0. The number of nitriles is 1. The van der Waals surface area contributed by atoms with E-state index in [1.54, 1.807) is 36.4 Å². The standard InChI is InChI=1S/C18H12ClN5O/c19-15-3-1-2-4-16(15)24-18-21-10-13(11-22-18)17(25)23-14-7-5-12(9-20)6-8-14/h1-8,10-11H,(H,23,25)(H,21,22,24). The van der Waals surface area contributed by atoms with Crippen LogP contribution in [0.3, 0.4) is 0 Å². The molecule has 0 aliphatic rings. The van der Waals surface area contributed by atoms with Gasteiger partial charge in [0.1, 0.15) is 0 Å². The Morgan fingerprint density at radius 1 is 1.04 bits per heavy atom. The van der Waals surface area contributed by atoms with Crippen molar-refractivity contribution in [3.63, 3.8) is 0 Å². The van der Waals surface area contributed by atoms with Crippen molar-refractivity contribution < 1.29 is 4.79 Å². The molecule has 0 fully saturated rings. The van der Waals surface area contributed by atoms with Gasteiger partial charge in [0.25, 0.3) is 5.91 Å². The molecule has 7 heteroatoms. The minimum Gasteiger partial charge on any atom is -0.323 e. The number of hydrogen-bond acceptors (Lipinski definition) is 5. The Balaban J connectivity index is 1.68. The van der Waals surface area contributed by atoms with Gasteiger partial charge in [-0.15, -0.1) is 0 Å². The smallest absolute Gasteiger partial charge is 0.258 e. The number of hydrogen-bond donors (Lipinski definition) is 2. The lowest BCUT2D eigenvalue weighted by Crippen LogP contribution is -2.13. The van der Waals surface area contributed by atoms with Crippen LogP contribution in [-0.2, 0) is 0 Å². The van der Waals surface area contributed by atoms with E-state index in [1.807, 2.05) is 18.2 Å². The summed E-state index contributed by atoms with van der Waals surface area (Å²) in [6, 6.07) is 15.8. The summed E-state index contributed by atoms with van der Waals surface area (Å²) in [4.78, 5) is 20.4. The maximum absolute atomic E-state index is 12.2. The molecule has 0 saturated carbocycles. The van der Waals surface area contributed by atoms with Crippen LogP contribution in [0.2, 0.25) is 5.02 Å². The van der Waals surface area contributed by atoms with E-state index in [0.717, 1.165) is 0 Å². The first-order chi connectivity index (χ1) is 12.2. The maximum Gasteiger partial charge on any atom is 0.258 e. The number of amides is 1. The minimum absolute atomic E-state index is 0.314. The first kappa shape index (κ1) is 16.4. The number of carbonyl (C=O) groups excluding carboxylic acids is 1. The summed E-state index contributed by atoms with van der Waals surface area (Å²) in [5.41, 5.74) is 2.10. The van der Waals surface area contributed by atoms with Crippen molar-refractivity contribution in [2.45, 2.75) is 0 Å². The van der Waals surface area contributed by atoms with Crippen LogP contribution in [0.5, 0.6) is 0 Å². The summed E-state index contributed by atoms with van der Waals surface area (Å²) in [5.74, 6) is -0.00276. The van der Waals surface area contributed by atoms with Crippen LogP contribution >= 0.6 is 11.6 Å². The summed E-state index contributed by atoms with van der Waals surface area (Å²) in [5, 5.41) is 15.0. The first-order valence-corrected chi connectivity index (χ1v) is 7.68. The molecule has 122 valence electrons. The third-order valence-electron chi connectivity index (χ3n) is 3.31. The molecular weight excluding hydrogens is 338 g/mol. The van der Waals surface area contributed by atoms with Gasteiger partial charge in [0.2, 0.25) is 5.95 Å². The van der Waals surface area contributed by atoms with Gasteiger partial charge in [-0.3, -0.25) is 4.79 Å². The molecule has 1 aromatic heterocycles. The van der Waals surface area contributed by atoms with Crippen molar-refractivity contribution in [2.24, 2.45) is 0 Å². The Labute approximate surface area is 149 Å². The van der Waals surface area contributed by atoms with Crippen molar-refractivity contribution in [1.29, 1.82) is 5.26 Å². The van der Waals surface area contributed by atoms with Gasteiger partial charge >= 0.3 is 0 Å². The summed E-state index contributed by atoms with van der Waals surface area (Å²) >= 11 is 6.07. The molecule has 0 saturated heterocycles. The summed E-state index contributed by atoms with van der Waals surface area (Å²) < 4.78 is 0. The lowest BCUT2D eigenvalue weighted by atomic mass is 10.2. The molecule has 3 rings (SSSR count). The number of nitrogens with one attached hydrogen (secondary N) is 2. The lowest BCUT2D eigenvalue weighted by molar-refractivity contribution is 0.102. The number of nitrogens with zero attached hydrogens (tertiary/aromatic N) is 3. The molecule has 1 heterocycles. The van der Waals surface area contributed by atoms with Crippen LogP contribution in [-0.4, -0.2) is 15.9 Å². The van der Waals surface area contributed by atoms with Crippen LogP contribution in [0.1, 0.15) is 15.9 Å². The van der Waals surface area contributed by atoms with Crippen molar-refractivity contribution in [3.05, 3.63) is 77.1 Å². The van der Waals surface area contributed by atoms with Crippen molar-refractivity contribution >= 4 is 34.8 Å².